The Morgan fingerprint density at radius 1 is 1.27 bits per heavy atom. The molecule has 1 aliphatic carbocycles. The minimum atomic E-state index is -0.105. The van der Waals surface area contributed by atoms with Gasteiger partial charge in [0.1, 0.15) is 11.5 Å². The summed E-state index contributed by atoms with van der Waals surface area (Å²) in [6.45, 7) is 5.66. The predicted molar refractivity (Wildman–Crippen MR) is 80.5 cm³/mol. The van der Waals surface area contributed by atoms with Gasteiger partial charge in [-0.2, -0.15) is 0 Å². The summed E-state index contributed by atoms with van der Waals surface area (Å²) in [5.74, 6) is 1.01. The first-order chi connectivity index (χ1) is 10.4. The van der Waals surface area contributed by atoms with Crippen molar-refractivity contribution < 1.29 is 9.59 Å². The van der Waals surface area contributed by atoms with E-state index in [1.165, 1.54) is 0 Å². The third kappa shape index (κ3) is 2.30. The Labute approximate surface area is 129 Å². The zero-order chi connectivity index (χ0) is 15.5. The second-order valence-electron chi connectivity index (χ2n) is 7.65. The van der Waals surface area contributed by atoms with Gasteiger partial charge in [-0.15, -0.1) is 0 Å². The largest absolute Gasteiger partial charge is 0.350 e. The van der Waals surface area contributed by atoms with Gasteiger partial charge in [0.15, 0.2) is 0 Å². The molecule has 1 aromatic heterocycles. The molecule has 2 N–H and O–H groups in total. The van der Waals surface area contributed by atoms with Gasteiger partial charge in [-0.25, -0.2) is 4.98 Å². The van der Waals surface area contributed by atoms with Gasteiger partial charge in [0.25, 0.3) is 5.91 Å². The van der Waals surface area contributed by atoms with Gasteiger partial charge in [0.2, 0.25) is 5.91 Å². The Balaban J connectivity index is 1.61. The van der Waals surface area contributed by atoms with Crippen molar-refractivity contribution in [1.29, 1.82) is 0 Å². The van der Waals surface area contributed by atoms with E-state index in [4.69, 9.17) is 0 Å². The van der Waals surface area contributed by atoms with E-state index in [-0.39, 0.29) is 23.1 Å². The van der Waals surface area contributed by atoms with E-state index in [2.05, 4.69) is 29.1 Å². The molecule has 0 spiro atoms. The second kappa shape index (κ2) is 4.57. The molecule has 2 aliphatic heterocycles. The topological polar surface area (TPSA) is 78.1 Å². The van der Waals surface area contributed by atoms with Crippen LogP contribution < -0.4 is 5.32 Å². The standard InChI is InChI=1S/C16H22N4O2/c1-16(2)6-11-13(15(22)17-8-16)19-14(18-11)9-5-12(21)20(7-9)10-3-4-10/h9-10H,3-8H2,1-2H3,(H,17,22)(H,18,19)/t9-/m1/s1. The number of H-pyrrole nitrogens is 1. The molecule has 0 bridgehead atoms. The van der Waals surface area contributed by atoms with Crippen molar-refractivity contribution >= 4 is 11.8 Å². The minimum absolute atomic E-state index is 0.0102. The smallest absolute Gasteiger partial charge is 0.271 e. The lowest BCUT2D eigenvalue weighted by atomic mass is 9.88. The Hall–Kier alpha value is -1.85. The number of rotatable bonds is 2. The first-order valence-corrected chi connectivity index (χ1v) is 8.09. The average Bonchev–Trinajstić information content (AvgIpc) is 3.12. The van der Waals surface area contributed by atoms with Gasteiger partial charge in [0, 0.05) is 37.2 Å². The minimum Gasteiger partial charge on any atom is -0.350 e. The van der Waals surface area contributed by atoms with Crippen LogP contribution in [0.15, 0.2) is 0 Å². The highest BCUT2D eigenvalue weighted by Crippen LogP contribution is 2.36. The van der Waals surface area contributed by atoms with E-state index in [0.717, 1.165) is 37.3 Å². The van der Waals surface area contributed by atoms with Crippen LogP contribution >= 0.6 is 0 Å². The fourth-order valence-electron chi connectivity index (χ4n) is 3.54. The summed E-state index contributed by atoms with van der Waals surface area (Å²) < 4.78 is 0. The lowest BCUT2D eigenvalue weighted by Crippen LogP contribution is -2.32. The molecule has 1 saturated carbocycles. The van der Waals surface area contributed by atoms with E-state index in [0.29, 0.717) is 24.7 Å². The molecular weight excluding hydrogens is 280 g/mol. The molecule has 2 amide bonds. The summed E-state index contributed by atoms with van der Waals surface area (Å²) in [5.41, 5.74) is 1.43. The zero-order valence-corrected chi connectivity index (χ0v) is 13.1. The highest BCUT2D eigenvalue weighted by atomic mass is 16.2. The second-order valence-corrected chi connectivity index (χ2v) is 7.65. The Bertz CT molecular complexity index is 645. The van der Waals surface area contributed by atoms with Crippen LogP contribution in [0.5, 0.6) is 0 Å². The molecule has 0 unspecified atom stereocenters. The van der Waals surface area contributed by atoms with Crippen molar-refractivity contribution in [2.75, 3.05) is 13.1 Å². The molecule has 4 rings (SSSR count). The van der Waals surface area contributed by atoms with Gasteiger partial charge in [0.05, 0.1) is 0 Å². The number of amides is 2. The lowest BCUT2D eigenvalue weighted by Gasteiger charge is -2.21. The van der Waals surface area contributed by atoms with Gasteiger partial charge in [-0.3, -0.25) is 9.59 Å². The maximum Gasteiger partial charge on any atom is 0.271 e. The van der Waals surface area contributed by atoms with Gasteiger partial charge in [-0.05, 0) is 24.7 Å². The van der Waals surface area contributed by atoms with Crippen LogP contribution in [0.3, 0.4) is 0 Å². The molecule has 2 fully saturated rings. The fourth-order valence-corrected chi connectivity index (χ4v) is 3.54. The number of aromatic nitrogens is 2. The van der Waals surface area contributed by atoms with Crippen molar-refractivity contribution in [2.24, 2.45) is 5.41 Å². The number of carbonyl (C=O) groups excluding carboxylic acids is 2. The number of nitrogens with zero attached hydrogens (tertiary/aromatic N) is 2. The van der Waals surface area contributed by atoms with Gasteiger partial charge in [-0.1, -0.05) is 13.8 Å². The van der Waals surface area contributed by atoms with Crippen molar-refractivity contribution in [3.05, 3.63) is 17.2 Å². The number of aromatic amines is 1. The van der Waals surface area contributed by atoms with Crippen LogP contribution in [-0.2, 0) is 11.2 Å². The number of nitrogens with one attached hydrogen (secondary N) is 2. The third-order valence-electron chi connectivity index (χ3n) is 4.93. The normalized spacial score (nSPS) is 27.5. The van der Waals surface area contributed by atoms with Crippen LogP contribution in [0.25, 0.3) is 0 Å². The number of likely N-dealkylation sites (tertiary alicyclic amines) is 1. The van der Waals surface area contributed by atoms with E-state index >= 15 is 0 Å². The monoisotopic (exact) mass is 302 g/mol. The summed E-state index contributed by atoms with van der Waals surface area (Å²) in [6, 6.07) is 0.451. The fraction of sp³-hybridized carbons (Fsp3) is 0.688. The number of carbonyl (C=O) groups is 2. The highest BCUT2D eigenvalue weighted by Gasteiger charge is 2.41. The lowest BCUT2D eigenvalue weighted by molar-refractivity contribution is -0.128. The Morgan fingerprint density at radius 3 is 2.77 bits per heavy atom. The molecule has 1 atom stereocenters. The SMILES string of the molecule is CC1(C)CNC(=O)c2nc([C@@H]3CC(=O)N(C4CC4)C3)[nH]c2C1. The summed E-state index contributed by atoms with van der Waals surface area (Å²) in [6.07, 6.45) is 3.56. The van der Waals surface area contributed by atoms with Crippen LogP contribution in [0.1, 0.15) is 61.0 Å². The van der Waals surface area contributed by atoms with Crippen molar-refractivity contribution in [1.82, 2.24) is 20.2 Å². The molecule has 22 heavy (non-hydrogen) atoms. The summed E-state index contributed by atoms with van der Waals surface area (Å²) in [4.78, 5) is 34.2. The van der Waals surface area contributed by atoms with Crippen LogP contribution in [0, 0.1) is 5.41 Å². The summed E-state index contributed by atoms with van der Waals surface area (Å²) in [5, 5.41) is 2.94. The molecule has 0 radical (unpaired) electrons. The Kier molecular flexibility index (Phi) is 2.86. The maximum absolute atomic E-state index is 12.2. The summed E-state index contributed by atoms with van der Waals surface area (Å²) in [7, 11) is 0. The molecule has 1 saturated heterocycles. The van der Waals surface area contributed by atoms with Gasteiger partial charge < -0.3 is 15.2 Å². The zero-order valence-electron chi connectivity index (χ0n) is 13.1. The molecule has 3 heterocycles. The van der Waals surface area contributed by atoms with E-state index in [1.54, 1.807) is 0 Å². The van der Waals surface area contributed by atoms with Crippen molar-refractivity contribution in [2.45, 2.75) is 51.5 Å². The average molecular weight is 302 g/mol. The van der Waals surface area contributed by atoms with Crippen molar-refractivity contribution in [3.63, 3.8) is 0 Å². The first-order valence-electron chi connectivity index (χ1n) is 8.09. The predicted octanol–water partition coefficient (Wildman–Crippen LogP) is 1.20. The number of fused-ring (bicyclic) bond motifs is 1. The summed E-state index contributed by atoms with van der Waals surface area (Å²) >= 11 is 0. The number of hydrogen-bond donors (Lipinski definition) is 2. The third-order valence-corrected chi connectivity index (χ3v) is 4.93. The molecule has 0 aromatic carbocycles. The van der Waals surface area contributed by atoms with Crippen LogP contribution in [0.4, 0.5) is 0 Å². The maximum atomic E-state index is 12.2. The molecular formula is C16H22N4O2. The molecule has 118 valence electrons. The molecule has 3 aliphatic rings. The molecule has 6 nitrogen and oxygen atoms in total. The molecule has 1 aromatic rings. The Morgan fingerprint density at radius 2 is 2.05 bits per heavy atom. The number of imidazole rings is 1. The van der Waals surface area contributed by atoms with E-state index < -0.39 is 0 Å². The van der Waals surface area contributed by atoms with E-state index in [9.17, 15) is 9.59 Å². The highest BCUT2D eigenvalue weighted by molar-refractivity contribution is 5.94. The first kappa shape index (κ1) is 13.8. The quantitative estimate of drug-likeness (QED) is 0.861. The van der Waals surface area contributed by atoms with Gasteiger partial charge >= 0.3 is 0 Å². The van der Waals surface area contributed by atoms with Crippen LogP contribution in [0.2, 0.25) is 0 Å². The molecule has 6 heteroatoms. The van der Waals surface area contributed by atoms with Crippen LogP contribution in [-0.4, -0.2) is 45.8 Å². The van der Waals surface area contributed by atoms with E-state index in [1.807, 2.05) is 4.90 Å². The van der Waals surface area contributed by atoms with Crippen molar-refractivity contribution in [3.8, 4) is 0 Å². The number of hydrogen-bond acceptors (Lipinski definition) is 3.